The molecule has 33 heavy (non-hydrogen) atoms. The van der Waals surface area contributed by atoms with E-state index < -0.39 is 83.7 Å². The van der Waals surface area contributed by atoms with Gasteiger partial charge in [-0.25, -0.2) is 0 Å². The van der Waals surface area contributed by atoms with Crippen molar-refractivity contribution >= 4 is 35.8 Å². The molecule has 0 aromatic carbocycles. The fraction of sp³-hybridized carbons (Fsp3) is 0.714. The Morgan fingerprint density at radius 1 is 0.697 bits per heavy atom. The Morgan fingerprint density at radius 2 is 1.21 bits per heavy atom. The van der Waals surface area contributed by atoms with Crippen molar-refractivity contribution in [1.82, 2.24) is 0 Å². The molecule has 182 valence electrons. The molecule has 12 heteroatoms. The summed E-state index contributed by atoms with van der Waals surface area (Å²) in [5.41, 5.74) is 0. The summed E-state index contributed by atoms with van der Waals surface area (Å²) >= 11 is 0. The SMILES string of the molecule is COC(C)C1C(=O)OC(=O)C1CC(OC)C1C(=O)OC(=O)C1CC(OC)C1CC(=O)OC1=O. The highest BCUT2D eigenvalue weighted by Gasteiger charge is 2.55. The van der Waals surface area contributed by atoms with Crippen LogP contribution in [-0.4, -0.2) is 75.5 Å². The van der Waals surface area contributed by atoms with Crippen molar-refractivity contribution in [2.24, 2.45) is 29.6 Å². The average Bonchev–Trinajstić information content (AvgIpc) is 3.35. The standard InChI is InChI=1S/C21H26O12/c1-8(28-2)15-10(18(24)32-20(15)26)6-13(30-4)16-11(19(25)33-21(16)27)5-12(29-3)9-7-14(22)31-17(9)23/h8-13,15-16H,5-7H2,1-4H3. The lowest BCUT2D eigenvalue weighted by atomic mass is 9.77. The van der Waals surface area contributed by atoms with Crippen LogP contribution in [0, 0.1) is 29.6 Å². The first-order chi connectivity index (χ1) is 15.6. The van der Waals surface area contributed by atoms with Crippen molar-refractivity contribution in [2.45, 2.75) is 44.5 Å². The number of carbonyl (C=O) groups excluding carboxylic acids is 6. The van der Waals surface area contributed by atoms with Gasteiger partial charge in [-0.3, -0.25) is 28.8 Å². The maximum absolute atomic E-state index is 12.6. The molecular weight excluding hydrogens is 444 g/mol. The second-order valence-corrected chi connectivity index (χ2v) is 8.31. The van der Waals surface area contributed by atoms with E-state index in [4.69, 9.17) is 23.7 Å². The average molecular weight is 470 g/mol. The van der Waals surface area contributed by atoms with Gasteiger partial charge in [-0.1, -0.05) is 0 Å². The van der Waals surface area contributed by atoms with Crippen LogP contribution in [0.5, 0.6) is 0 Å². The van der Waals surface area contributed by atoms with Gasteiger partial charge >= 0.3 is 35.8 Å². The van der Waals surface area contributed by atoms with Crippen molar-refractivity contribution in [3.8, 4) is 0 Å². The number of hydrogen-bond acceptors (Lipinski definition) is 12. The fourth-order valence-corrected chi connectivity index (χ4v) is 4.76. The minimum absolute atomic E-state index is 0.107. The number of hydrogen-bond donors (Lipinski definition) is 0. The van der Waals surface area contributed by atoms with Gasteiger partial charge in [-0.05, 0) is 19.8 Å². The molecule has 0 aromatic heterocycles. The molecule has 0 aliphatic carbocycles. The number of carbonyl (C=O) groups is 6. The summed E-state index contributed by atoms with van der Waals surface area (Å²) in [6.45, 7) is 1.61. The molecule has 8 atom stereocenters. The molecule has 3 heterocycles. The van der Waals surface area contributed by atoms with E-state index in [1.54, 1.807) is 6.92 Å². The second kappa shape index (κ2) is 10.1. The minimum Gasteiger partial charge on any atom is -0.393 e. The zero-order chi connectivity index (χ0) is 24.4. The summed E-state index contributed by atoms with van der Waals surface area (Å²) < 4.78 is 30.2. The van der Waals surface area contributed by atoms with E-state index in [1.165, 1.54) is 21.3 Å². The van der Waals surface area contributed by atoms with Crippen LogP contribution in [0.2, 0.25) is 0 Å². The molecule has 0 radical (unpaired) electrons. The number of cyclic esters (lactones) is 6. The van der Waals surface area contributed by atoms with Crippen LogP contribution in [0.1, 0.15) is 26.2 Å². The molecule has 0 amide bonds. The van der Waals surface area contributed by atoms with Crippen molar-refractivity contribution < 1.29 is 57.2 Å². The Kier molecular flexibility index (Phi) is 7.60. The molecular formula is C21H26O12. The van der Waals surface area contributed by atoms with Gasteiger partial charge in [-0.2, -0.15) is 0 Å². The summed E-state index contributed by atoms with van der Waals surface area (Å²) in [6.07, 6.45) is -2.96. The molecule has 0 bridgehead atoms. The number of rotatable bonds is 10. The predicted molar refractivity (Wildman–Crippen MR) is 103 cm³/mol. The van der Waals surface area contributed by atoms with Crippen LogP contribution in [0.3, 0.4) is 0 Å². The van der Waals surface area contributed by atoms with Gasteiger partial charge in [0.15, 0.2) is 0 Å². The number of esters is 6. The monoisotopic (exact) mass is 470 g/mol. The number of ether oxygens (including phenoxy) is 6. The van der Waals surface area contributed by atoms with E-state index in [1.807, 2.05) is 0 Å². The van der Waals surface area contributed by atoms with Crippen molar-refractivity contribution in [3.63, 3.8) is 0 Å². The van der Waals surface area contributed by atoms with Crippen LogP contribution in [0.15, 0.2) is 0 Å². The van der Waals surface area contributed by atoms with Crippen LogP contribution in [-0.2, 0) is 57.2 Å². The van der Waals surface area contributed by atoms with Gasteiger partial charge in [0, 0.05) is 21.3 Å². The third-order valence-electron chi connectivity index (χ3n) is 6.63. The zero-order valence-corrected chi connectivity index (χ0v) is 18.6. The van der Waals surface area contributed by atoms with Gasteiger partial charge in [0.25, 0.3) is 0 Å². The molecule has 0 aromatic rings. The first-order valence-electron chi connectivity index (χ1n) is 10.5. The van der Waals surface area contributed by atoms with Crippen molar-refractivity contribution in [2.75, 3.05) is 21.3 Å². The van der Waals surface area contributed by atoms with E-state index in [0.717, 1.165) is 0 Å². The Bertz CT molecular complexity index is 850. The topological polar surface area (TPSA) is 158 Å². The summed E-state index contributed by atoms with van der Waals surface area (Å²) in [6, 6.07) is 0. The maximum atomic E-state index is 12.6. The molecule has 8 unspecified atom stereocenters. The molecule has 3 aliphatic heterocycles. The Labute approximate surface area is 189 Å². The first-order valence-corrected chi connectivity index (χ1v) is 10.5. The van der Waals surface area contributed by atoms with E-state index in [9.17, 15) is 28.8 Å². The smallest absolute Gasteiger partial charge is 0.320 e. The lowest BCUT2D eigenvalue weighted by Gasteiger charge is -2.29. The first kappa shape index (κ1) is 24.9. The summed E-state index contributed by atoms with van der Waals surface area (Å²) in [5.74, 6) is -9.66. The molecule has 0 N–H and O–H groups in total. The van der Waals surface area contributed by atoms with Gasteiger partial charge in [0.2, 0.25) is 0 Å². The minimum atomic E-state index is -1.13. The van der Waals surface area contributed by atoms with Gasteiger partial charge in [0.05, 0.1) is 54.3 Å². The van der Waals surface area contributed by atoms with Gasteiger partial charge in [0.1, 0.15) is 0 Å². The van der Waals surface area contributed by atoms with Gasteiger partial charge < -0.3 is 28.4 Å². The third kappa shape index (κ3) is 4.82. The van der Waals surface area contributed by atoms with Gasteiger partial charge in [-0.15, -0.1) is 0 Å². The molecule has 12 nitrogen and oxygen atoms in total. The fourth-order valence-electron chi connectivity index (χ4n) is 4.76. The molecule has 3 aliphatic rings. The van der Waals surface area contributed by atoms with Crippen LogP contribution < -0.4 is 0 Å². The van der Waals surface area contributed by atoms with Crippen LogP contribution in [0.4, 0.5) is 0 Å². The number of methoxy groups -OCH3 is 3. The molecule has 3 rings (SSSR count). The third-order valence-corrected chi connectivity index (χ3v) is 6.63. The Hall–Kier alpha value is -2.70. The largest absolute Gasteiger partial charge is 0.393 e. The van der Waals surface area contributed by atoms with Crippen molar-refractivity contribution in [1.29, 1.82) is 0 Å². The quantitative estimate of drug-likeness (QED) is 0.230. The van der Waals surface area contributed by atoms with Crippen LogP contribution >= 0.6 is 0 Å². The highest BCUT2D eigenvalue weighted by Crippen LogP contribution is 2.40. The highest BCUT2D eigenvalue weighted by molar-refractivity contribution is 5.98. The van der Waals surface area contributed by atoms with E-state index >= 15 is 0 Å². The van der Waals surface area contributed by atoms with Crippen molar-refractivity contribution in [3.05, 3.63) is 0 Å². The van der Waals surface area contributed by atoms with E-state index in [2.05, 4.69) is 4.74 Å². The van der Waals surface area contributed by atoms with E-state index in [-0.39, 0.29) is 19.3 Å². The Balaban J connectivity index is 1.82. The molecule has 3 fully saturated rings. The highest BCUT2D eigenvalue weighted by atomic mass is 16.6. The maximum Gasteiger partial charge on any atom is 0.320 e. The summed E-state index contributed by atoms with van der Waals surface area (Å²) in [4.78, 5) is 73.0. The Morgan fingerprint density at radius 3 is 1.70 bits per heavy atom. The molecule has 3 saturated heterocycles. The zero-order valence-electron chi connectivity index (χ0n) is 18.6. The lowest BCUT2D eigenvalue weighted by Crippen LogP contribution is -2.40. The summed E-state index contributed by atoms with van der Waals surface area (Å²) in [7, 11) is 4.00. The molecule has 0 spiro atoms. The van der Waals surface area contributed by atoms with E-state index in [0.29, 0.717) is 0 Å². The summed E-state index contributed by atoms with van der Waals surface area (Å²) in [5, 5.41) is 0. The second-order valence-electron chi connectivity index (χ2n) is 8.31. The normalized spacial score (nSPS) is 32.5. The molecule has 0 saturated carbocycles. The predicted octanol–water partition coefficient (Wildman–Crippen LogP) is -0.447. The lowest BCUT2D eigenvalue weighted by molar-refractivity contribution is -0.157. The van der Waals surface area contributed by atoms with Crippen LogP contribution in [0.25, 0.3) is 0 Å².